The fourth-order valence-corrected chi connectivity index (χ4v) is 1.87. The number of hydrogen-bond acceptors (Lipinski definition) is 3. The first-order chi connectivity index (χ1) is 10.1. The Morgan fingerprint density at radius 3 is 2.14 bits per heavy atom. The maximum absolute atomic E-state index is 11.8. The molecule has 2 rings (SSSR count). The van der Waals surface area contributed by atoms with Gasteiger partial charge in [0.2, 0.25) is 0 Å². The molecule has 104 valence electrons. The number of allylic oxidation sites excluding steroid dienone is 1. The van der Waals surface area contributed by atoms with E-state index in [9.17, 15) is 9.90 Å². The summed E-state index contributed by atoms with van der Waals surface area (Å²) in [6, 6.07) is 18.8. The van der Waals surface area contributed by atoms with Crippen molar-refractivity contribution >= 4 is 11.6 Å². The van der Waals surface area contributed by atoms with Crippen LogP contribution in [0.25, 0.3) is 11.1 Å². The minimum absolute atomic E-state index is 0.290. The highest BCUT2D eigenvalue weighted by Crippen LogP contribution is 2.21. The molecule has 0 heterocycles. The SMILES string of the molecule is C/C(O)=C(/C#N)C(=O)Nc1ccc(-c2ccccc2)cc1. The van der Waals surface area contributed by atoms with Gasteiger partial charge < -0.3 is 10.4 Å². The standard InChI is InChI=1S/C17H14N2O2/c1-12(20)16(11-18)17(21)19-15-9-7-14(8-10-15)13-5-3-2-4-6-13/h2-10,20H,1H3,(H,19,21)/b16-12+. The van der Waals surface area contributed by atoms with Gasteiger partial charge in [0.1, 0.15) is 11.8 Å². The van der Waals surface area contributed by atoms with Crippen LogP contribution in [0.2, 0.25) is 0 Å². The molecule has 0 aliphatic heterocycles. The molecule has 0 bridgehead atoms. The highest BCUT2D eigenvalue weighted by atomic mass is 16.3. The van der Waals surface area contributed by atoms with Gasteiger partial charge in [-0.25, -0.2) is 0 Å². The lowest BCUT2D eigenvalue weighted by Gasteiger charge is -2.06. The number of rotatable bonds is 3. The Bertz CT molecular complexity index is 707. The second kappa shape index (κ2) is 6.40. The predicted octanol–water partition coefficient (Wildman–Crippen LogP) is 3.65. The van der Waals surface area contributed by atoms with E-state index in [2.05, 4.69) is 5.32 Å². The number of aliphatic hydroxyl groups is 1. The molecule has 0 saturated heterocycles. The van der Waals surface area contributed by atoms with E-state index in [0.29, 0.717) is 5.69 Å². The van der Waals surface area contributed by atoms with Gasteiger partial charge in [0.05, 0.1) is 0 Å². The van der Waals surface area contributed by atoms with Crippen LogP contribution in [0, 0.1) is 11.3 Å². The maximum Gasteiger partial charge on any atom is 0.269 e. The Morgan fingerprint density at radius 1 is 1.05 bits per heavy atom. The number of nitrogens with one attached hydrogen (secondary N) is 1. The summed E-state index contributed by atoms with van der Waals surface area (Å²) in [6.07, 6.45) is 0. The first-order valence-electron chi connectivity index (χ1n) is 6.38. The van der Waals surface area contributed by atoms with Crippen molar-refractivity contribution in [2.75, 3.05) is 5.32 Å². The van der Waals surface area contributed by atoms with Gasteiger partial charge in [0.15, 0.2) is 5.57 Å². The maximum atomic E-state index is 11.8. The minimum atomic E-state index is -0.620. The van der Waals surface area contributed by atoms with Crippen molar-refractivity contribution in [1.29, 1.82) is 5.26 Å². The fourth-order valence-electron chi connectivity index (χ4n) is 1.87. The summed E-state index contributed by atoms with van der Waals surface area (Å²) >= 11 is 0. The van der Waals surface area contributed by atoms with Crippen molar-refractivity contribution in [1.82, 2.24) is 0 Å². The Balaban J connectivity index is 2.16. The second-order valence-corrected chi connectivity index (χ2v) is 4.47. The molecule has 2 aromatic carbocycles. The van der Waals surface area contributed by atoms with Crippen LogP contribution < -0.4 is 5.32 Å². The van der Waals surface area contributed by atoms with Crippen molar-refractivity contribution in [2.45, 2.75) is 6.92 Å². The monoisotopic (exact) mass is 278 g/mol. The molecule has 0 unspecified atom stereocenters. The van der Waals surface area contributed by atoms with Crippen molar-refractivity contribution in [2.24, 2.45) is 0 Å². The van der Waals surface area contributed by atoms with Gasteiger partial charge in [-0.1, -0.05) is 42.5 Å². The van der Waals surface area contributed by atoms with Gasteiger partial charge in [-0.05, 0) is 30.2 Å². The summed E-state index contributed by atoms with van der Waals surface area (Å²) in [5.41, 5.74) is 2.39. The summed E-state index contributed by atoms with van der Waals surface area (Å²) in [5, 5.41) is 20.6. The number of carbonyl (C=O) groups excluding carboxylic acids is 1. The molecule has 0 saturated carbocycles. The topological polar surface area (TPSA) is 73.1 Å². The molecule has 0 radical (unpaired) electrons. The van der Waals surface area contributed by atoms with Crippen LogP contribution in [-0.2, 0) is 4.79 Å². The normalized spacial score (nSPS) is 11.2. The lowest BCUT2D eigenvalue weighted by atomic mass is 10.1. The predicted molar refractivity (Wildman–Crippen MR) is 81.4 cm³/mol. The molecule has 2 N–H and O–H groups in total. The summed E-state index contributed by atoms with van der Waals surface area (Å²) in [4.78, 5) is 11.8. The zero-order valence-electron chi connectivity index (χ0n) is 11.5. The largest absolute Gasteiger partial charge is 0.511 e. The summed E-state index contributed by atoms with van der Waals surface area (Å²) in [5.74, 6) is -0.916. The Labute approximate surface area is 123 Å². The first-order valence-corrected chi connectivity index (χ1v) is 6.38. The molecule has 0 atom stereocenters. The van der Waals surface area contributed by atoms with E-state index in [1.165, 1.54) is 6.92 Å². The van der Waals surface area contributed by atoms with Crippen LogP contribution in [0.15, 0.2) is 65.9 Å². The van der Waals surface area contributed by atoms with E-state index >= 15 is 0 Å². The zero-order chi connectivity index (χ0) is 15.2. The van der Waals surface area contributed by atoms with E-state index in [1.807, 2.05) is 42.5 Å². The second-order valence-electron chi connectivity index (χ2n) is 4.47. The van der Waals surface area contributed by atoms with Crippen LogP contribution >= 0.6 is 0 Å². The van der Waals surface area contributed by atoms with E-state index in [4.69, 9.17) is 5.26 Å². The Morgan fingerprint density at radius 2 is 1.62 bits per heavy atom. The molecule has 4 heteroatoms. The number of nitriles is 1. The van der Waals surface area contributed by atoms with Crippen molar-refractivity contribution < 1.29 is 9.90 Å². The molecule has 4 nitrogen and oxygen atoms in total. The first kappa shape index (κ1) is 14.4. The fraction of sp³-hybridized carbons (Fsp3) is 0.0588. The molecule has 21 heavy (non-hydrogen) atoms. The molecule has 0 fully saturated rings. The minimum Gasteiger partial charge on any atom is -0.511 e. The zero-order valence-corrected chi connectivity index (χ0v) is 11.5. The van der Waals surface area contributed by atoms with Crippen LogP contribution in [0.4, 0.5) is 5.69 Å². The smallest absolute Gasteiger partial charge is 0.269 e. The number of nitrogens with zero attached hydrogens (tertiary/aromatic N) is 1. The summed E-state index contributed by atoms with van der Waals surface area (Å²) in [7, 11) is 0. The van der Waals surface area contributed by atoms with Gasteiger partial charge in [0.25, 0.3) is 5.91 Å². The van der Waals surface area contributed by atoms with Crippen LogP contribution in [0.3, 0.4) is 0 Å². The average Bonchev–Trinajstić information content (AvgIpc) is 2.49. The van der Waals surface area contributed by atoms with Crippen molar-refractivity contribution in [3.8, 4) is 17.2 Å². The molecule has 2 aromatic rings. The van der Waals surface area contributed by atoms with Gasteiger partial charge in [-0.15, -0.1) is 0 Å². The lowest BCUT2D eigenvalue weighted by Crippen LogP contribution is -2.14. The van der Waals surface area contributed by atoms with Gasteiger partial charge in [-0.2, -0.15) is 5.26 Å². The highest BCUT2D eigenvalue weighted by molar-refractivity contribution is 6.06. The summed E-state index contributed by atoms with van der Waals surface area (Å²) in [6.45, 7) is 1.30. The van der Waals surface area contributed by atoms with E-state index < -0.39 is 5.91 Å². The number of hydrogen-bond donors (Lipinski definition) is 2. The molecule has 0 aromatic heterocycles. The Hall–Kier alpha value is -3.06. The highest BCUT2D eigenvalue weighted by Gasteiger charge is 2.12. The molecular formula is C17H14N2O2. The number of aliphatic hydroxyl groups excluding tert-OH is 1. The number of anilines is 1. The van der Waals surface area contributed by atoms with Crippen molar-refractivity contribution in [3.63, 3.8) is 0 Å². The molecular weight excluding hydrogens is 264 g/mol. The van der Waals surface area contributed by atoms with E-state index in [-0.39, 0.29) is 11.3 Å². The van der Waals surface area contributed by atoms with Crippen LogP contribution in [0.1, 0.15) is 6.92 Å². The molecule has 0 aliphatic rings. The number of carbonyl (C=O) groups is 1. The third kappa shape index (κ3) is 3.48. The lowest BCUT2D eigenvalue weighted by molar-refractivity contribution is -0.112. The van der Waals surface area contributed by atoms with Gasteiger partial charge in [0, 0.05) is 5.69 Å². The van der Waals surface area contributed by atoms with E-state index in [1.54, 1.807) is 18.2 Å². The van der Waals surface area contributed by atoms with Crippen molar-refractivity contribution in [3.05, 3.63) is 65.9 Å². The third-order valence-corrected chi connectivity index (χ3v) is 2.95. The molecule has 0 spiro atoms. The van der Waals surface area contributed by atoms with Gasteiger partial charge in [-0.3, -0.25) is 4.79 Å². The number of amides is 1. The van der Waals surface area contributed by atoms with Gasteiger partial charge >= 0.3 is 0 Å². The third-order valence-electron chi connectivity index (χ3n) is 2.95. The van der Waals surface area contributed by atoms with E-state index in [0.717, 1.165) is 11.1 Å². The molecule has 1 amide bonds. The quantitative estimate of drug-likeness (QED) is 0.511. The molecule has 0 aliphatic carbocycles. The average molecular weight is 278 g/mol. The van der Waals surface area contributed by atoms with Crippen LogP contribution in [-0.4, -0.2) is 11.0 Å². The Kier molecular flexibility index (Phi) is 4.37. The van der Waals surface area contributed by atoms with Crippen LogP contribution in [0.5, 0.6) is 0 Å². The number of benzene rings is 2. The summed E-state index contributed by atoms with van der Waals surface area (Å²) < 4.78 is 0.